The topological polar surface area (TPSA) is 90.1 Å². The first kappa shape index (κ1) is 14.0. The smallest absolute Gasteiger partial charge is 0.323 e. The highest BCUT2D eigenvalue weighted by Crippen LogP contribution is 2.24. The Morgan fingerprint density at radius 3 is 2.70 bits per heavy atom. The Bertz CT molecular complexity index is 676. The fourth-order valence-electron chi connectivity index (χ4n) is 1.76. The number of aryl methyl sites for hydroxylation is 1. The van der Waals surface area contributed by atoms with E-state index in [4.69, 9.17) is 11.6 Å². The van der Waals surface area contributed by atoms with Crippen molar-refractivity contribution in [3.63, 3.8) is 0 Å². The number of amides is 1. The number of hydrogen-bond acceptors (Lipinski definition) is 4. The van der Waals surface area contributed by atoms with E-state index in [2.05, 4.69) is 10.3 Å². The van der Waals surface area contributed by atoms with Gasteiger partial charge < -0.3 is 15.4 Å². The van der Waals surface area contributed by atoms with E-state index in [1.165, 1.54) is 29.9 Å². The van der Waals surface area contributed by atoms with Crippen molar-refractivity contribution in [2.24, 2.45) is 7.05 Å². The summed E-state index contributed by atoms with van der Waals surface area (Å²) in [7, 11) is 1.45. The lowest BCUT2D eigenvalue weighted by atomic mass is 10.2. The average molecular weight is 295 g/mol. The molecule has 2 rings (SSSR count). The number of carbonyl (C=O) groups excluding carboxylic acids is 1. The molecule has 0 aliphatic rings. The van der Waals surface area contributed by atoms with E-state index in [1.54, 1.807) is 13.0 Å². The second-order valence-corrected chi connectivity index (χ2v) is 4.50. The van der Waals surface area contributed by atoms with E-state index in [0.29, 0.717) is 5.69 Å². The minimum atomic E-state index is -0.556. The summed E-state index contributed by atoms with van der Waals surface area (Å²) in [4.78, 5) is 26.2. The Morgan fingerprint density at radius 1 is 1.45 bits per heavy atom. The number of nitrogens with one attached hydrogen (secondary N) is 1. The fourth-order valence-corrected chi connectivity index (χ4v) is 2.02. The Morgan fingerprint density at radius 2 is 2.15 bits per heavy atom. The van der Waals surface area contributed by atoms with Gasteiger partial charge >= 0.3 is 5.82 Å². The maximum Gasteiger partial charge on any atom is 0.323 e. The number of anilines is 1. The molecule has 0 aromatic carbocycles. The molecule has 0 saturated heterocycles. The summed E-state index contributed by atoms with van der Waals surface area (Å²) in [5.41, 5.74) is 1.31. The molecule has 1 N–H and O–H groups in total. The van der Waals surface area contributed by atoms with Crippen molar-refractivity contribution >= 4 is 29.0 Å². The molecule has 2 aromatic heterocycles. The number of carbonyl (C=O) groups is 1. The summed E-state index contributed by atoms with van der Waals surface area (Å²) < 4.78 is 1.20. The third-order valence-corrected chi connectivity index (χ3v) is 3.15. The van der Waals surface area contributed by atoms with Crippen LogP contribution in [0.2, 0.25) is 5.15 Å². The molecule has 0 aliphatic carbocycles. The van der Waals surface area contributed by atoms with Crippen molar-refractivity contribution in [2.75, 3.05) is 5.32 Å². The number of hydrogen-bond donors (Lipinski definition) is 1. The maximum atomic E-state index is 12.1. The second-order valence-electron chi connectivity index (χ2n) is 4.14. The highest BCUT2D eigenvalue weighted by Gasteiger charge is 2.21. The number of nitro groups is 1. The third kappa shape index (κ3) is 2.48. The van der Waals surface area contributed by atoms with E-state index in [1.807, 2.05) is 0 Å². The molecule has 8 heteroatoms. The summed E-state index contributed by atoms with van der Waals surface area (Å²) in [5.74, 6) is -0.650. The van der Waals surface area contributed by atoms with E-state index >= 15 is 0 Å². The molecule has 0 bridgehead atoms. The van der Waals surface area contributed by atoms with Crippen molar-refractivity contribution < 1.29 is 9.72 Å². The first-order valence-electron chi connectivity index (χ1n) is 5.64. The summed E-state index contributed by atoms with van der Waals surface area (Å²) in [5, 5.41) is 13.5. The first-order chi connectivity index (χ1) is 9.41. The van der Waals surface area contributed by atoms with Gasteiger partial charge in [-0.05, 0) is 29.5 Å². The van der Waals surface area contributed by atoms with Gasteiger partial charge in [0.15, 0.2) is 10.8 Å². The molecule has 0 spiro atoms. The minimum Gasteiger partial charge on any atom is -0.358 e. The number of halogens is 1. The van der Waals surface area contributed by atoms with Crippen LogP contribution in [-0.2, 0) is 7.05 Å². The SMILES string of the molecule is Cc1ccnc(Cl)c1NC(=O)c1ccc([N+](=O)[O-])n1C. The van der Waals surface area contributed by atoms with Crippen LogP contribution in [-0.4, -0.2) is 20.4 Å². The zero-order valence-corrected chi connectivity index (χ0v) is 11.5. The maximum absolute atomic E-state index is 12.1. The van der Waals surface area contributed by atoms with Crippen LogP contribution < -0.4 is 5.32 Å². The van der Waals surface area contributed by atoms with E-state index < -0.39 is 10.8 Å². The highest BCUT2D eigenvalue weighted by molar-refractivity contribution is 6.32. The lowest BCUT2D eigenvalue weighted by Crippen LogP contribution is -2.17. The Labute approximate surface area is 119 Å². The lowest BCUT2D eigenvalue weighted by molar-refractivity contribution is -0.391. The van der Waals surface area contributed by atoms with Gasteiger partial charge in [-0.1, -0.05) is 11.6 Å². The standard InChI is InChI=1S/C12H11ClN4O3/c1-7-5-6-14-11(13)10(7)15-12(18)8-3-4-9(16(8)2)17(19)20/h3-6H,1-2H3,(H,15,18). The van der Waals surface area contributed by atoms with E-state index in [-0.39, 0.29) is 16.7 Å². The molecule has 0 radical (unpaired) electrons. The summed E-state index contributed by atoms with van der Waals surface area (Å²) in [6, 6.07) is 4.36. The van der Waals surface area contributed by atoms with Gasteiger partial charge in [0.2, 0.25) is 0 Å². The molecule has 0 atom stereocenters. The number of rotatable bonds is 3. The van der Waals surface area contributed by atoms with Crippen molar-refractivity contribution in [1.29, 1.82) is 0 Å². The van der Waals surface area contributed by atoms with E-state index in [9.17, 15) is 14.9 Å². The Kier molecular flexibility index (Phi) is 3.71. The van der Waals surface area contributed by atoms with Crippen LogP contribution >= 0.6 is 11.6 Å². The van der Waals surface area contributed by atoms with Crippen LogP contribution in [0.5, 0.6) is 0 Å². The molecule has 0 saturated carbocycles. The summed E-state index contributed by atoms with van der Waals surface area (Å²) >= 11 is 5.92. The fraction of sp³-hybridized carbons (Fsp3) is 0.167. The van der Waals surface area contributed by atoms with Gasteiger partial charge in [0.1, 0.15) is 0 Å². The zero-order chi connectivity index (χ0) is 14.9. The Balaban J connectivity index is 2.32. The van der Waals surface area contributed by atoms with Crippen molar-refractivity contribution in [2.45, 2.75) is 6.92 Å². The molecule has 0 aliphatic heterocycles. The van der Waals surface area contributed by atoms with Gasteiger partial charge in [0.05, 0.1) is 12.7 Å². The molecule has 2 aromatic rings. The van der Waals surface area contributed by atoms with Gasteiger partial charge in [0, 0.05) is 12.3 Å². The molecule has 7 nitrogen and oxygen atoms in total. The molecule has 0 fully saturated rings. The van der Waals surface area contributed by atoms with Gasteiger partial charge in [0.25, 0.3) is 5.91 Å². The van der Waals surface area contributed by atoms with Crippen LogP contribution in [0.25, 0.3) is 0 Å². The average Bonchev–Trinajstić information content (AvgIpc) is 2.76. The molecule has 2 heterocycles. The van der Waals surface area contributed by atoms with Crippen LogP contribution in [0.4, 0.5) is 11.5 Å². The molecule has 1 amide bonds. The van der Waals surface area contributed by atoms with Gasteiger partial charge in [-0.25, -0.2) is 9.55 Å². The molecule has 0 unspecified atom stereocenters. The summed E-state index contributed by atoms with van der Waals surface area (Å²) in [6.07, 6.45) is 1.53. The number of pyridine rings is 1. The van der Waals surface area contributed by atoms with Gasteiger partial charge in [-0.3, -0.25) is 4.79 Å². The van der Waals surface area contributed by atoms with Gasteiger partial charge in [-0.2, -0.15) is 0 Å². The molecule has 20 heavy (non-hydrogen) atoms. The third-order valence-electron chi connectivity index (χ3n) is 2.87. The van der Waals surface area contributed by atoms with Crippen LogP contribution in [0.15, 0.2) is 24.4 Å². The Hall–Kier alpha value is -2.41. The number of nitrogens with zero attached hydrogens (tertiary/aromatic N) is 3. The summed E-state index contributed by atoms with van der Waals surface area (Å²) in [6.45, 7) is 1.77. The van der Waals surface area contributed by atoms with Crippen molar-refractivity contribution in [1.82, 2.24) is 9.55 Å². The second kappa shape index (κ2) is 5.30. The monoisotopic (exact) mass is 294 g/mol. The normalized spacial score (nSPS) is 10.3. The molecular weight excluding hydrogens is 284 g/mol. The van der Waals surface area contributed by atoms with Crippen molar-refractivity contribution in [3.8, 4) is 0 Å². The van der Waals surface area contributed by atoms with Crippen LogP contribution in [0.1, 0.15) is 16.1 Å². The van der Waals surface area contributed by atoms with Crippen LogP contribution in [0.3, 0.4) is 0 Å². The van der Waals surface area contributed by atoms with Gasteiger partial charge in [-0.15, -0.1) is 0 Å². The highest BCUT2D eigenvalue weighted by atomic mass is 35.5. The van der Waals surface area contributed by atoms with E-state index in [0.717, 1.165) is 5.56 Å². The van der Waals surface area contributed by atoms with Crippen molar-refractivity contribution in [3.05, 3.63) is 50.9 Å². The first-order valence-corrected chi connectivity index (χ1v) is 6.02. The predicted octanol–water partition coefficient (Wildman–Crippen LogP) is 2.54. The lowest BCUT2D eigenvalue weighted by Gasteiger charge is -2.08. The minimum absolute atomic E-state index is 0.163. The molecule has 104 valence electrons. The zero-order valence-electron chi connectivity index (χ0n) is 10.8. The largest absolute Gasteiger partial charge is 0.358 e. The quantitative estimate of drug-likeness (QED) is 0.535. The number of aromatic nitrogens is 2. The molecular formula is C12H11ClN4O3. The van der Waals surface area contributed by atoms with Crippen LogP contribution in [0, 0.1) is 17.0 Å². The predicted molar refractivity (Wildman–Crippen MR) is 74.0 cm³/mol.